The van der Waals surface area contributed by atoms with Gasteiger partial charge in [-0.1, -0.05) is 30.3 Å². The Morgan fingerprint density at radius 1 is 0.844 bits per heavy atom. The van der Waals surface area contributed by atoms with Gasteiger partial charge in [-0.05, 0) is 87.2 Å². The zero-order valence-corrected chi connectivity index (χ0v) is 19.7. The number of rotatable bonds is 7. The van der Waals surface area contributed by atoms with Gasteiger partial charge in [0.15, 0.2) is 6.10 Å². The molecule has 0 aliphatic rings. The van der Waals surface area contributed by atoms with Crippen LogP contribution in [0.15, 0.2) is 65.6 Å². The number of hydrogen-bond acceptors (Lipinski definition) is 4. The van der Waals surface area contributed by atoms with Crippen LogP contribution in [-0.4, -0.2) is 20.4 Å². The Labute approximate surface area is 189 Å². The van der Waals surface area contributed by atoms with Gasteiger partial charge in [0.2, 0.25) is 0 Å². The molecule has 0 saturated carbocycles. The summed E-state index contributed by atoms with van der Waals surface area (Å²) < 4.78 is 34.0. The van der Waals surface area contributed by atoms with Crippen molar-refractivity contribution in [3.8, 4) is 5.75 Å². The molecule has 0 heterocycles. The van der Waals surface area contributed by atoms with Crippen molar-refractivity contribution in [2.24, 2.45) is 0 Å². The Morgan fingerprint density at radius 2 is 1.41 bits per heavy atom. The van der Waals surface area contributed by atoms with Crippen molar-refractivity contribution in [2.45, 2.75) is 45.6 Å². The molecule has 32 heavy (non-hydrogen) atoms. The SMILES string of the molecule is Cc1cccc(O[C@H](C)C(=O)Nc2ccc(S(=O)(=O)Nc3c(C)cccc3C)cc2)c1C. The minimum atomic E-state index is -3.76. The molecule has 0 aliphatic heterocycles. The van der Waals surface area contributed by atoms with Crippen LogP contribution in [0.2, 0.25) is 0 Å². The Balaban J connectivity index is 1.68. The van der Waals surface area contributed by atoms with E-state index < -0.39 is 16.1 Å². The number of nitrogens with one attached hydrogen (secondary N) is 2. The Kier molecular flexibility index (Phi) is 6.89. The molecule has 0 bridgehead atoms. The van der Waals surface area contributed by atoms with Crippen LogP contribution in [0.1, 0.15) is 29.2 Å². The van der Waals surface area contributed by atoms with Crippen molar-refractivity contribution in [3.63, 3.8) is 0 Å². The van der Waals surface area contributed by atoms with Crippen LogP contribution in [0.25, 0.3) is 0 Å². The van der Waals surface area contributed by atoms with Gasteiger partial charge in [0.25, 0.3) is 15.9 Å². The Hall–Kier alpha value is -3.32. The maximum Gasteiger partial charge on any atom is 0.265 e. The van der Waals surface area contributed by atoms with E-state index in [1.165, 1.54) is 12.1 Å². The highest BCUT2D eigenvalue weighted by molar-refractivity contribution is 7.92. The van der Waals surface area contributed by atoms with Crippen molar-refractivity contribution in [2.75, 3.05) is 10.0 Å². The van der Waals surface area contributed by atoms with Crippen molar-refractivity contribution in [1.29, 1.82) is 0 Å². The van der Waals surface area contributed by atoms with Gasteiger partial charge in [-0.3, -0.25) is 9.52 Å². The van der Waals surface area contributed by atoms with Crippen LogP contribution in [0.3, 0.4) is 0 Å². The lowest BCUT2D eigenvalue weighted by Gasteiger charge is -2.17. The summed E-state index contributed by atoms with van der Waals surface area (Å²) >= 11 is 0. The molecular formula is C25H28N2O4S. The maximum absolute atomic E-state index is 12.8. The molecule has 0 aliphatic carbocycles. The first kappa shape index (κ1) is 23.3. The van der Waals surface area contributed by atoms with Crippen LogP contribution in [0.5, 0.6) is 5.75 Å². The van der Waals surface area contributed by atoms with E-state index in [9.17, 15) is 13.2 Å². The molecular weight excluding hydrogens is 424 g/mol. The fraction of sp³-hybridized carbons (Fsp3) is 0.240. The molecule has 168 valence electrons. The van der Waals surface area contributed by atoms with Gasteiger partial charge < -0.3 is 10.1 Å². The molecule has 0 saturated heterocycles. The van der Waals surface area contributed by atoms with E-state index in [0.29, 0.717) is 17.1 Å². The third kappa shape index (κ3) is 5.29. The third-order valence-electron chi connectivity index (χ3n) is 5.38. The number of aryl methyl sites for hydroxylation is 3. The molecule has 7 heteroatoms. The first-order valence-corrected chi connectivity index (χ1v) is 11.8. The predicted molar refractivity (Wildman–Crippen MR) is 128 cm³/mol. The second-order valence-corrected chi connectivity index (χ2v) is 9.53. The highest BCUT2D eigenvalue weighted by atomic mass is 32.2. The van der Waals surface area contributed by atoms with E-state index in [1.54, 1.807) is 19.1 Å². The lowest BCUT2D eigenvalue weighted by Crippen LogP contribution is -2.30. The van der Waals surface area contributed by atoms with Gasteiger partial charge in [0.05, 0.1) is 10.6 Å². The fourth-order valence-electron chi connectivity index (χ4n) is 3.23. The van der Waals surface area contributed by atoms with Gasteiger partial charge in [-0.25, -0.2) is 8.42 Å². The molecule has 0 unspecified atom stereocenters. The summed E-state index contributed by atoms with van der Waals surface area (Å²) in [7, 11) is -3.76. The van der Waals surface area contributed by atoms with Crippen molar-refractivity contribution >= 4 is 27.3 Å². The zero-order valence-electron chi connectivity index (χ0n) is 18.9. The maximum atomic E-state index is 12.8. The number of carbonyl (C=O) groups is 1. The lowest BCUT2D eigenvalue weighted by molar-refractivity contribution is -0.122. The summed E-state index contributed by atoms with van der Waals surface area (Å²) in [4.78, 5) is 12.7. The minimum Gasteiger partial charge on any atom is -0.481 e. The normalized spacial score (nSPS) is 12.2. The summed E-state index contributed by atoms with van der Waals surface area (Å²) in [5.41, 5.74) is 4.81. The molecule has 3 aromatic carbocycles. The average Bonchev–Trinajstić information content (AvgIpc) is 2.74. The number of sulfonamides is 1. The Bertz CT molecular complexity index is 1220. The lowest BCUT2D eigenvalue weighted by atomic mass is 10.1. The molecule has 0 aromatic heterocycles. The Morgan fingerprint density at radius 3 is 2.03 bits per heavy atom. The average molecular weight is 453 g/mol. The van der Waals surface area contributed by atoms with Crippen LogP contribution in [0.4, 0.5) is 11.4 Å². The monoisotopic (exact) mass is 452 g/mol. The third-order valence-corrected chi connectivity index (χ3v) is 6.74. The number of carbonyl (C=O) groups excluding carboxylic acids is 1. The molecule has 2 N–H and O–H groups in total. The molecule has 6 nitrogen and oxygen atoms in total. The number of ether oxygens (including phenoxy) is 1. The van der Waals surface area contributed by atoms with Crippen molar-refractivity contribution in [3.05, 3.63) is 82.9 Å². The van der Waals surface area contributed by atoms with Crippen molar-refractivity contribution in [1.82, 2.24) is 0 Å². The topological polar surface area (TPSA) is 84.5 Å². The van der Waals surface area contributed by atoms with Gasteiger partial charge >= 0.3 is 0 Å². The second-order valence-electron chi connectivity index (χ2n) is 7.84. The van der Waals surface area contributed by atoms with E-state index in [2.05, 4.69) is 10.0 Å². The quantitative estimate of drug-likeness (QED) is 0.521. The number of hydrogen-bond donors (Lipinski definition) is 2. The molecule has 1 atom stereocenters. The summed E-state index contributed by atoms with van der Waals surface area (Å²) in [5, 5.41) is 2.76. The molecule has 0 fully saturated rings. The van der Waals surface area contributed by atoms with Gasteiger partial charge in [-0.15, -0.1) is 0 Å². The highest BCUT2D eigenvalue weighted by Crippen LogP contribution is 2.25. The molecule has 0 spiro atoms. The van der Waals surface area contributed by atoms with Crippen molar-refractivity contribution < 1.29 is 17.9 Å². The largest absolute Gasteiger partial charge is 0.481 e. The summed E-state index contributed by atoms with van der Waals surface area (Å²) in [6.07, 6.45) is -0.718. The zero-order chi connectivity index (χ0) is 23.5. The number of benzene rings is 3. The first-order chi connectivity index (χ1) is 15.1. The van der Waals surface area contributed by atoms with Crippen LogP contribution in [-0.2, 0) is 14.8 Å². The number of para-hydroxylation sites is 1. The number of amides is 1. The highest BCUT2D eigenvalue weighted by Gasteiger charge is 2.19. The predicted octanol–water partition coefficient (Wildman–Crippen LogP) is 5.13. The van der Waals surface area contributed by atoms with Gasteiger partial charge in [0.1, 0.15) is 5.75 Å². The van der Waals surface area contributed by atoms with Gasteiger partial charge in [-0.2, -0.15) is 0 Å². The first-order valence-electron chi connectivity index (χ1n) is 10.3. The van der Waals surface area contributed by atoms with E-state index in [1.807, 2.05) is 64.1 Å². The number of anilines is 2. The molecule has 0 radical (unpaired) electrons. The molecule has 1 amide bonds. The van der Waals surface area contributed by atoms with Crippen LogP contribution in [0, 0.1) is 27.7 Å². The summed E-state index contributed by atoms with van der Waals surface area (Å²) in [5.74, 6) is 0.335. The second kappa shape index (κ2) is 9.44. The smallest absolute Gasteiger partial charge is 0.265 e. The van der Waals surface area contributed by atoms with E-state index in [0.717, 1.165) is 22.3 Å². The summed E-state index contributed by atoms with van der Waals surface area (Å²) in [6, 6.07) is 17.3. The molecule has 3 rings (SSSR count). The fourth-order valence-corrected chi connectivity index (χ4v) is 4.43. The van der Waals surface area contributed by atoms with Crippen LogP contribution >= 0.6 is 0 Å². The van der Waals surface area contributed by atoms with E-state index in [-0.39, 0.29) is 10.8 Å². The minimum absolute atomic E-state index is 0.109. The molecule has 3 aromatic rings. The van der Waals surface area contributed by atoms with Gasteiger partial charge in [0, 0.05) is 5.69 Å². The summed E-state index contributed by atoms with van der Waals surface area (Å²) in [6.45, 7) is 9.30. The van der Waals surface area contributed by atoms with E-state index >= 15 is 0 Å². The van der Waals surface area contributed by atoms with Crippen LogP contribution < -0.4 is 14.8 Å². The van der Waals surface area contributed by atoms with E-state index in [4.69, 9.17) is 4.74 Å². The standard InChI is InChI=1S/C25H28N2O4S/c1-16-8-7-11-23(19(16)4)31-20(5)25(28)26-21-12-14-22(15-13-21)32(29,30)27-24-17(2)9-6-10-18(24)3/h6-15,20,27H,1-5H3,(H,26,28)/t20-/m1/s1.